The van der Waals surface area contributed by atoms with Crippen LogP contribution in [0.2, 0.25) is 0 Å². The normalized spacial score (nSPS) is 23.2. The standard InChI is InChI=1S/C26H31NO6/c1-15-8-16(2)13-27(12-15)14-19-20(28)7-6-18-25(29)24(33-26(18)19)10-17-9-22(31-4)23(32-5)11-21(17)30-3/h6-7,9-11,15-16,28H,8,12-14H2,1-5H3. The van der Waals surface area contributed by atoms with Crippen molar-refractivity contribution in [3.8, 4) is 28.7 Å². The second-order valence-electron chi connectivity index (χ2n) is 9.09. The van der Waals surface area contributed by atoms with Crippen LogP contribution in [0.15, 0.2) is 30.0 Å². The molecule has 1 saturated heterocycles. The first-order valence-corrected chi connectivity index (χ1v) is 11.2. The summed E-state index contributed by atoms with van der Waals surface area (Å²) in [7, 11) is 4.63. The molecule has 0 spiro atoms. The second kappa shape index (κ2) is 9.35. The van der Waals surface area contributed by atoms with Gasteiger partial charge in [-0.25, -0.2) is 0 Å². The molecule has 7 nitrogen and oxygen atoms in total. The average molecular weight is 454 g/mol. The van der Waals surface area contributed by atoms with Gasteiger partial charge in [-0.3, -0.25) is 4.79 Å². The number of nitrogens with one attached hydrogen (secondary N) is 1. The summed E-state index contributed by atoms with van der Waals surface area (Å²) >= 11 is 0. The number of carbonyl (C=O) groups excluding carboxylic acids is 1. The molecular weight excluding hydrogens is 422 g/mol. The molecule has 2 aliphatic rings. The molecule has 1 fully saturated rings. The van der Waals surface area contributed by atoms with Crippen LogP contribution < -0.4 is 29.0 Å². The second-order valence-corrected chi connectivity index (χ2v) is 9.09. The third-order valence-electron chi connectivity index (χ3n) is 6.43. The molecule has 1 N–H and O–H groups in total. The van der Waals surface area contributed by atoms with Crippen LogP contribution in [0.5, 0.6) is 28.7 Å². The Morgan fingerprint density at radius 3 is 2.30 bits per heavy atom. The molecule has 2 aromatic carbocycles. The number of carbonyl (C=O) groups is 1. The number of quaternary nitrogens is 1. The molecular formula is C26H31NO6. The van der Waals surface area contributed by atoms with Gasteiger partial charge in [-0.15, -0.1) is 0 Å². The largest absolute Gasteiger partial charge is 0.872 e. The van der Waals surface area contributed by atoms with E-state index in [1.165, 1.54) is 17.4 Å². The maximum Gasteiger partial charge on any atom is 0.231 e. The highest BCUT2D eigenvalue weighted by Crippen LogP contribution is 2.40. The monoisotopic (exact) mass is 453 g/mol. The maximum atomic E-state index is 13.1. The number of fused-ring (bicyclic) bond motifs is 1. The van der Waals surface area contributed by atoms with Crippen molar-refractivity contribution < 1.29 is 33.7 Å². The Bertz CT molecular complexity index is 1080. The van der Waals surface area contributed by atoms with Crippen LogP contribution in [-0.4, -0.2) is 40.2 Å². The topological polar surface area (TPSA) is 81.5 Å². The van der Waals surface area contributed by atoms with Gasteiger partial charge < -0.3 is 29.0 Å². The molecule has 7 heteroatoms. The molecule has 0 bridgehead atoms. The van der Waals surface area contributed by atoms with Crippen LogP contribution in [0.1, 0.15) is 41.8 Å². The van der Waals surface area contributed by atoms with Gasteiger partial charge in [0.25, 0.3) is 0 Å². The third kappa shape index (κ3) is 4.50. The summed E-state index contributed by atoms with van der Waals surface area (Å²) < 4.78 is 22.2. The van der Waals surface area contributed by atoms with Gasteiger partial charge in [-0.05, 0) is 24.6 Å². The molecule has 0 aliphatic carbocycles. The van der Waals surface area contributed by atoms with E-state index in [9.17, 15) is 9.90 Å². The number of methoxy groups -OCH3 is 3. The molecule has 0 saturated carbocycles. The highest BCUT2D eigenvalue weighted by atomic mass is 16.5. The fourth-order valence-electron chi connectivity index (χ4n) is 5.08. The summed E-state index contributed by atoms with van der Waals surface area (Å²) in [6, 6.07) is 6.46. The van der Waals surface area contributed by atoms with Crippen molar-refractivity contribution in [1.29, 1.82) is 0 Å². The summed E-state index contributed by atoms with van der Waals surface area (Å²) in [6.45, 7) is 7.07. The van der Waals surface area contributed by atoms with E-state index in [4.69, 9.17) is 18.9 Å². The molecule has 2 aliphatic heterocycles. The summed E-state index contributed by atoms with van der Waals surface area (Å²) in [6.07, 6.45) is 2.82. The first kappa shape index (κ1) is 23.0. The Kier molecular flexibility index (Phi) is 6.51. The average Bonchev–Trinajstić information content (AvgIpc) is 3.10. The quantitative estimate of drug-likeness (QED) is 0.677. The molecule has 0 radical (unpaired) electrons. The van der Waals surface area contributed by atoms with Gasteiger partial charge in [0.1, 0.15) is 18.0 Å². The summed E-state index contributed by atoms with van der Waals surface area (Å²) in [5, 5.41) is 12.8. The van der Waals surface area contributed by atoms with E-state index < -0.39 is 0 Å². The van der Waals surface area contributed by atoms with Crippen LogP contribution in [0.4, 0.5) is 0 Å². The number of hydrogen-bond donors (Lipinski definition) is 1. The smallest absolute Gasteiger partial charge is 0.231 e. The van der Waals surface area contributed by atoms with Crippen molar-refractivity contribution in [2.24, 2.45) is 11.8 Å². The van der Waals surface area contributed by atoms with E-state index in [0.717, 1.165) is 13.1 Å². The van der Waals surface area contributed by atoms with E-state index >= 15 is 0 Å². The minimum absolute atomic E-state index is 0.0927. The number of ketones is 1. The lowest BCUT2D eigenvalue weighted by atomic mass is 9.91. The number of rotatable bonds is 6. The van der Waals surface area contributed by atoms with Crippen molar-refractivity contribution in [1.82, 2.24) is 0 Å². The van der Waals surface area contributed by atoms with Crippen LogP contribution >= 0.6 is 0 Å². The molecule has 33 heavy (non-hydrogen) atoms. The van der Waals surface area contributed by atoms with Gasteiger partial charge >= 0.3 is 0 Å². The zero-order valence-electron chi connectivity index (χ0n) is 19.8. The number of ether oxygens (including phenoxy) is 4. The van der Waals surface area contributed by atoms with Crippen molar-refractivity contribution in [2.45, 2.75) is 26.8 Å². The van der Waals surface area contributed by atoms with Gasteiger partial charge in [0.05, 0.1) is 40.0 Å². The van der Waals surface area contributed by atoms with Gasteiger partial charge in [-0.1, -0.05) is 25.7 Å². The van der Waals surface area contributed by atoms with Gasteiger partial charge in [0, 0.05) is 29.0 Å². The van der Waals surface area contributed by atoms with Crippen LogP contribution in [-0.2, 0) is 6.54 Å². The van der Waals surface area contributed by atoms with Crippen molar-refractivity contribution in [3.05, 3.63) is 46.7 Å². The zero-order chi connectivity index (χ0) is 23.7. The third-order valence-corrected chi connectivity index (χ3v) is 6.43. The predicted molar refractivity (Wildman–Crippen MR) is 122 cm³/mol. The fraction of sp³-hybridized carbons (Fsp3) is 0.423. The predicted octanol–water partition coefficient (Wildman–Crippen LogP) is 2.46. The molecule has 2 atom stereocenters. The number of allylic oxidation sites excluding steroid dienone is 1. The van der Waals surface area contributed by atoms with E-state index in [2.05, 4.69) is 13.8 Å². The molecule has 0 aromatic heterocycles. The number of Topliss-reactive ketones (excluding diaryl/α,β-unsaturated/α-hetero) is 1. The number of benzene rings is 2. The van der Waals surface area contributed by atoms with Crippen molar-refractivity contribution >= 4 is 11.9 Å². The number of hydrogen-bond acceptors (Lipinski definition) is 6. The minimum Gasteiger partial charge on any atom is -0.872 e. The Balaban J connectivity index is 1.68. The minimum atomic E-state index is -0.251. The Labute approximate surface area is 194 Å². The van der Waals surface area contributed by atoms with E-state index in [-0.39, 0.29) is 17.3 Å². The highest BCUT2D eigenvalue weighted by molar-refractivity contribution is 6.15. The van der Waals surface area contributed by atoms with E-state index in [1.54, 1.807) is 45.6 Å². The molecule has 4 rings (SSSR count). The molecule has 2 unspecified atom stereocenters. The fourth-order valence-corrected chi connectivity index (χ4v) is 5.08. The zero-order valence-corrected chi connectivity index (χ0v) is 19.8. The van der Waals surface area contributed by atoms with Crippen LogP contribution in [0.3, 0.4) is 0 Å². The molecule has 0 amide bonds. The van der Waals surface area contributed by atoms with Crippen molar-refractivity contribution in [2.75, 3.05) is 34.4 Å². The Morgan fingerprint density at radius 1 is 1.03 bits per heavy atom. The Morgan fingerprint density at radius 2 is 1.67 bits per heavy atom. The Hall–Kier alpha value is -3.19. The molecule has 176 valence electrons. The summed E-state index contributed by atoms with van der Waals surface area (Å²) in [5.41, 5.74) is 1.60. The van der Waals surface area contributed by atoms with E-state index in [1.807, 2.05) is 0 Å². The first-order chi connectivity index (χ1) is 15.8. The number of piperidine rings is 1. The number of likely N-dealkylation sites (tertiary alicyclic amines) is 1. The van der Waals surface area contributed by atoms with Gasteiger partial charge in [-0.2, -0.15) is 0 Å². The summed E-state index contributed by atoms with van der Waals surface area (Å²) in [5.74, 6) is 2.94. The maximum absolute atomic E-state index is 13.1. The lowest BCUT2D eigenvalue weighted by Crippen LogP contribution is -3.13. The van der Waals surface area contributed by atoms with E-state index in [0.29, 0.717) is 58.1 Å². The molecule has 2 aromatic rings. The lowest BCUT2D eigenvalue weighted by molar-refractivity contribution is -0.925. The van der Waals surface area contributed by atoms with Gasteiger partial charge in [0.15, 0.2) is 17.3 Å². The lowest BCUT2D eigenvalue weighted by Gasteiger charge is -2.33. The van der Waals surface area contributed by atoms with Crippen LogP contribution in [0, 0.1) is 11.8 Å². The highest BCUT2D eigenvalue weighted by Gasteiger charge is 2.33. The van der Waals surface area contributed by atoms with Gasteiger partial charge in [0.2, 0.25) is 5.78 Å². The summed E-state index contributed by atoms with van der Waals surface area (Å²) in [4.78, 5) is 14.5. The first-order valence-electron chi connectivity index (χ1n) is 11.2. The molecule has 2 heterocycles. The van der Waals surface area contributed by atoms with Crippen LogP contribution in [0.25, 0.3) is 6.08 Å². The van der Waals surface area contributed by atoms with Crippen molar-refractivity contribution in [3.63, 3.8) is 0 Å². The SMILES string of the molecule is COc1cc(OC)c(OC)cc1C=C1Oc2c(ccc([O-])c2C[NH+]2CC(C)CC(C)C2)C1=O.